The summed E-state index contributed by atoms with van der Waals surface area (Å²) in [5.41, 5.74) is 0. The van der Waals surface area contributed by atoms with E-state index in [2.05, 4.69) is 13.8 Å². The van der Waals surface area contributed by atoms with Crippen LogP contribution in [0, 0.1) is 23.7 Å². The van der Waals surface area contributed by atoms with Gasteiger partial charge in [0.2, 0.25) is 0 Å². The van der Waals surface area contributed by atoms with E-state index in [0.29, 0.717) is 11.7 Å². The Bertz CT molecular complexity index is 182. The second-order valence-corrected chi connectivity index (χ2v) is 5.13. The molecule has 0 saturated heterocycles. The lowest BCUT2D eigenvalue weighted by atomic mass is 10.0. The Labute approximate surface area is 81.9 Å². The normalized spacial score (nSPS) is 26.9. The van der Waals surface area contributed by atoms with Gasteiger partial charge in [-0.3, -0.25) is 4.79 Å². The SMILES string of the molecule is CC(C)CCC1CC1C(=O)C(C)C. The highest BCUT2D eigenvalue weighted by atomic mass is 16.1. The third-order valence-electron chi connectivity index (χ3n) is 2.97. The first-order valence-corrected chi connectivity index (χ1v) is 5.56. The van der Waals surface area contributed by atoms with Crippen LogP contribution in [0.25, 0.3) is 0 Å². The van der Waals surface area contributed by atoms with Gasteiger partial charge in [0.15, 0.2) is 0 Å². The minimum atomic E-state index is 0.244. The minimum absolute atomic E-state index is 0.244. The Hall–Kier alpha value is -0.330. The topological polar surface area (TPSA) is 17.1 Å². The number of ketones is 1. The molecule has 1 nitrogen and oxygen atoms in total. The average molecular weight is 182 g/mol. The van der Waals surface area contributed by atoms with Crippen molar-refractivity contribution in [3.63, 3.8) is 0 Å². The molecule has 0 spiro atoms. The van der Waals surface area contributed by atoms with Crippen LogP contribution in [-0.2, 0) is 4.79 Å². The molecule has 0 radical (unpaired) electrons. The van der Waals surface area contributed by atoms with Crippen molar-refractivity contribution in [1.29, 1.82) is 0 Å². The van der Waals surface area contributed by atoms with Gasteiger partial charge in [-0.25, -0.2) is 0 Å². The van der Waals surface area contributed by atoms with Crippen LogP contribution in [0.15, 0.2) is 0 Å². The zero-order valence-corrected chi connectivity index (χ0v) is 9.34. The van der Waals surface area contributed by atoms with Gasteiger partial charge in [-0.15, -0.1) is 0 Å². The first-order chi connectivity index (χ1) is 6.02. The first kappa shape index (κ1) is 10.7. The average Bonchev–Trinajstić information content (AvgIpc) is 2.78. The molecule has 0 aromatic heterocycles. The molecule has 2 unspecified atom stereocenters. The van der Waals surface area contributed by atoms with Gasteiger partial charge >= 0.3 is 0 Å². The molecule has 1 heteroatoms. The fraction of sp³-hybridized carbons (Fsp3) is 0.917. The van der Waals surface area contributed by atoms with E-state index >= 15 is 0 Å². The summed E-state index contributed by atoms with van der Waals surface area (Å²) in [5.74, 6) is 2.69. The van der Waals surface area contributed by atoms with Gasteiger partial charge in [0.1, 0.15) is 5.78 Å². The minimum Gasteiger partial charge on any atom is -0.299 e. The molecule has 76 valence electrons. The molecule has 0 aliphatic heterocycles. The van der Waals surface area contributed by atoms with E-state index in [4.69, 9.17) is 0 Å². The Balaban J connectivity index is 2.19. The van der Waals surface area contributed by atoms with Crippen LogP contribution in [0.4, 0.5) is 0 Å². The van der Waals surface area contributed by atoms with Gasteiger partial charge in [0.05, 0.1) is 0 Å². The lowest BCUT2D eigenvalue weighted by molar-refractivity contribution is -0.123. The fourth-order valence-electron chi connectivity index (χ4n) is 1.89. The third kappa shape index (κ3) is 3.13. The zero-order valence-electron chi connectivity index (χ0n) is 9.34. The molecule has 0 aromatic carbocycles. The number of hydrogen-bond donors (Lipinski definition) is 0. The van der Waals surface area contributed by atoms with E-state index in [-0.39, 0.29) is 5.92 Å². The van der Waals surface area contributed by atoms with Gasteiger partial charge in [0, 0.05) is 11.8 Å². The van der Waals surface area contributed by atoms with Crippen molar-refractivity contribution in [2.24, 2.45) is 23.7 Å². The molecular weight excluding hydrogens is 160 g/mol. The molecule has 1 fully saturated rings. The second kappa shape index (κ2) is 4.26. The summed E-state index contributed by atoms with van der Waals surface area (Å²) < 4.78 is 0. The van der Waals surface area contributed by atoms with E-state index in [1.54, 1.807) is 0 Å². The predicted molar refractivity (Wildman–Crippen MR) is 55.5 cm³/mol. The lowest BCUT2D eigenvalue weighted by Gasteiger charge is -2.04. The third-order valence-corrected chi connectivity index (χ3v) is 2.97. The predicted octanol–water partition coefficient (Wildman–Crippen LogP) is 3.28. The lowest BCUT2D eigenvalue weighted by Crippen LogP contribution is -2.10. The molecule has 1 rings (SSSR count). The largest absolute Gasteiger partial charge is 0.299 e. The molecule has 0 amide bonds. The Kier molecular flexibility index (Phi) is 3.52. The number of carbonyl (C=O) groups excluding carboxylic acids is 1. The van der Waals surface area contributed by atoms with Crippen molar-refractivity contribution in [1.82, 2.24) is 0 Å². The van der Waals surface area contributed by atoms with Crippen molar-refractivity contribution in [2.45, 2.75) is 47.0 Å². The Morgan fingerprint density at radius 1 is 1.31 bits per heavy atom. The molecule has 1 aliphatic rings. The summed E-state index contributed by atoms with van der Waals surface area (Å²) in [6.45, 7) is 8.53. The van der Waals surface area contributed by atoms with Crippen LogP contribution >= 0.6 is 0 Å². The van der Waals surface area contributed by atoms with E-state index < -0.39 is 0 Å². The summed E-state index contributed by atoms with van der Waals surface area (Å²) in [6.07, 6.45) is 3.72. The fourth-order valence-corrected chi connectivity index (χ4v) is 1.89. The van der Waals surface area contributed by atoms with Crippen LogP contribution < -0.4 is 0 Å². The van der Waals surface area contributed by atoms with Crippen molar-refractivity contribution < 1.29 is 4.79 Å². The summed E-state index contributed by atoms with van der Waals surface area (Å²) in [4.78, 5) is 11.6. The van der Waals surface area contributed by atoms with E-state index in [1.165, 1.54) is 19.3 Å². The Morgan fingerprint density at radius 2 is 1.92 bits per heavy atom. The molecule has 0 aromatic rings. The van der Waals surface area contributed by atoms with E-state index in [0.717, 1.165) is 11.8 Å². The number of Topliss-reactive ketones (excluding diaryl/α,β-unsaturated/α-hetero) is 1. The first-order valence-electron chi connectivity index (χ1n) is 5.56. The summed E-state index contributed by atoms with van der Waals surface area (Å²) in [6, 6.07) is 0. The van der Waals surface area contributed by atoms with Crippen molar-refractivity contribution in [3.8, 4) is 0 Å². The maximum absolute atomic E-state index is 11.6. The monoisotopic (exact) mass is 182 g/mol. The van der Waals surface area contributed by atoms with E-state index in [9.17, 15) is 4.79 Å². The van der Waals surface area contributed by atoms with Crippen LogP contribution in [0.2, 0.25) is 0 Å². The van der Waals surface area contributed by atoms with Crippen LogP contribution in [0.3, 0.4) is 0 Å². The van der Waals surface area contributed by atoms with Crippen LogP contribution in [0.5, 0.6) is 0 Å². The van der Waals surface area contributed by atoms with Gasteiger partial charge in [0.25, 0.3) is 0 Å². The van der Waals surface area contributed by atoms with E-state index in [1.807, 2.05) is 13.8 Å². The molecular formula is C12H22O. The van der Waals surface area contributed by atoms with Crippen molar-refractivity contribution >= 4 is 5.78 Å². The number of rotatable bonds is 5. The molecule has 2 atom stereocenters. The maximum Gasteiger partial charge on any atom is 0.138 e. The molecule has 1 aliphatic carbocycles. The summed E-state index contributed by atoms with van der Waals surface area (Å²) >= 11 is 0. The van der Waals surface area contributed by atoms with Crippen molar-refractivity contribution in [3.05, 3.63) is 0 Å². The number of hydrogen-bond acceptors (Lipinski definition) is 1. The molecule has 13 heavy (non-hydrogen) atoms. The van der Waals surface area contributed by atoms with Gasteiger partial charge in [-0.1, -0.05) is 34.1 Å². The zero-order chi connectivity index (χ0) is 10.0. The second-order valence-electron chi connectivity index (χ2n) is 5.13. The van der Waals surface area contributed by atoms with Gasteiger partial charge in [-0.05, 0) is 24.7 Å². The Morgan fingerprint density at radius 3 is 2.38 bits per heavy atom. The smallest absolute Gasteiger partial charge is 0.138 e. The quantitative estimate of drug-likeness (QED) is 0.637. The van der Waals surface area contributed by atoms with Crippen molar-refractivity contribution in [2.75, 3.05) is 0 Å². The molecule has 0 bridgehead atoms. The molecule has 0 N–H and O–H groups in total. The van der Waals surface area contributed by atoms with Gasteiger partial charge < -0.3 is 0 Å². The molecule has 0 heterocycles. The highest BCUT2D eigenvalue weighted by Gasteiger charge is 2.42. The standard InChI is InChI=1S/C12H22O/c1-8(2)5-6-10-7-11(10)12(13)9(3)4/h8-11H,5-7H2,1-4H3. The van der Waals surface area contributed by atoms with Gasteiger partial charge in [-0.2, -0.15) is 0 Å². The molecule has 1 saturated carbocycles. The summed E-state index contributed by atoms with van der Waals surface area (Å²) in [5, 5.41) is 0. The highest BCUT2D eigenvalue weighted by molar-refractivity contribution is 5.85. The van der Waals surface area contributed by atoms with Crippen LogP contribution in [0.1, 0.15) is 47.0 Å². The summed E-state index contributed by atoms with van der Waals surface area (Å²) in [7, 11) is 0. The highest BCUT2D eigenvalue weighted by Crippen LogP contribution is 2.44. The van der Waals surface area contributed by atoms with Crippen LogP contribution in [-0.4, -0.2) is 5.78 Å². The number of carbonyl (C=O) groups is 1. The maximum atomic E-state index is 11.6.